The largest absolute Gasteiger partial charge is 0.697 e. The van der Waals surface area contributed by atoms with Gasteiger partial charge in [0, 0.05) is 18.5 Å². The van der Waals surface area contributed by atoms with Crippen molar-refractivity contribution in [2.45, 2.75) is 98.8 Å². The predicted octanol–water partition coefficient (Wildman–Crippen LogP) is 8.31. The van der Waals surface area contributed by atoms with Gasteiger partial charge in [-0.05, 0) is 32.1 Å². The van der Waals surface area contributed by atoms with Crippen molar-refractivity contribution in [1.29, 1.82) is 0 Å². The molecule has 0 aromatic heterocycles. The van der Waals surface area contributed by atoms with Gasteiger partial charge in [0.2, 0.25) is 0 Å². The van der Waals surface area contributed by atoms with E-state index in [2.05, 4.69) is 41.3 Å². The highest BCUT2D eigenvalue weighted by molar-refractivity contribution is 7.75. The quantitative estimate of drug-likeness (QED) is 0.179. The standard InChI is InChI=1S/C13H30P.C8H18O3P/c1-5-8-11-14(4,12-9-6-2)13-10-7-3;1-3-5-7-10-12(9)11-8-6-4-2/h5-13H2,1-4H3;3-8H2,1-2H3/q2*+1. The zero-order valence-corrected chi connectivity index (χ0v) is 20.5. The molecule has 0 aliphatic rings. The van der Waals surface area contributed by atoms with E-state index in [4.69, 9.17) is 9.05 Å². The Balaban J connectivity index is 0. The summed E-state index contributed by atoms with van der Waals surface area (Å²) in [6.07, 6.45) is 17.2. The third kappa shape index (κ3) is 20.8. The van der Waals surface area contributed by atoms with Crippen LogP contribution >= 0.6 is 15.5 Å². The fourth-order valence-electron chi connectivity index (χ4n) is 2.56. The van der Waals surface area contributed by atoms with Crippen molar-refractivity contribution in [1.82, 2.24) is 0 Å². The molecular weight excluding hydrogens is 362 g/mol. The average molecular weight is 411 g/mol. The average Bonchev–Trinajstić information content (AvgIpc) is 2.64. The van der Waals surface area contributed by atoms with Crippen LogP contribution in [0.4, 0.5) is 0 Å². The first kappa shape index (κ1) is 28.7. The molecule has 0 radical (unpaired) electrons. The number of hydrogen-bond donors (Lipinski definition) is 0. The van der Waals surface area contributed by atoms with Crippen molar-refractivity contribution in [3.05, 3.63) is 0 Å². The van der Waals surface area contributed by atoms with Crippen LogP contribution in [0.25, 0.3) is 0 Å². The Bertz CT molecular complexity index is 265. The molecule has 0 aliphatic heterocycles. The lowest BCUT2D eigenvalue weighted by molar-refractivity contribution is 0.221. The number of rotatable bonds is 17. The van der Waals surface area contributed by atoms with Crippen LogP contribution in [0.1, 0.15) is 98.8 Å². The van der Waals surface area contributed by atoms with Gasteiger partial charge in [-0.1, -0.05) is 66.7 Å². The summed E-state index contributed by atoms with van der Waals surface area (Å²) in [6.45, 7) is 14.8. The summed E-state index contributed by atoms with van der Waals surface area (Å²) in [7, 11) is -2.37. The van der Waals surface area contributed by atoms with Crippen molar-refractivity contribution >= 4 is 15.5 Å². The minimum Gasteiger partial charge on any atom is -0.119 e. The highest BCUT2D eigenvalue weighted by Crippen LogP contribution is 2.57. The van der Waals surface area contributed by atoms with Gasteiger partial charge in [0.1, 0.15) is 13.2 Å². The van der Waals surface area contributed by atoms with Crippen LogP contribution < -0.4 is 0 Å². The molecule has 0 aromatic rings. The molecule has 0 fully saturated rings. The summed E-state index contributed by atoms with van der Waals surface area (Å²) in [6, 6.07) is 0. The van der Waals surface area contributed by atoms with Gasteiger partial charge in [0.25, 0.3) is 0 Å². The second kappa shape index (κ2) is 21.7. The fraction of sp³-hybridized carbons (Fsp3) is 1.00. The van der Waals surface area contributed by atoms with Crippen LogP contribution in [0, 0.1) is 0 Å². The maximum absolute atomic E-state index is 10.9. The van der Waals surface area contributed by atoms with Gasteiger partial charge in [0.05, 0.1) is 18.5 Å². The Labute approximate surface area is 166 Å². The first-order valence-corrected chi connectivity index (χ1v) is 14.9. The van der Waals surface area contributed by atoms with Crippen LogP contribution in [0.5, 0.6) is 0 Å². The van der Waals surface area contributed by atoms with E-state index in [9.17, 15) is 4.57 Å². The summed E-state index contributed by atoms with van der Waals surface area (Å²) in [5.41, 5.74) is 0. The summed E-state index contributed by atoms with van der Waals surface area (Å²) in [5.74, 6) is 0. The molecule has 0 spiro atoms. The first-order valence-electron chi connectivity index (χ1n) is 11.1. The summed E-state index contributed by atoms with van der Waals surface area (Å²) in [5, 5.41) is 0. The van der Waals surface area contributed by atoms with Gasteiger partial charge in [-0.2, -0.15) is 0 Å². The molecule has 0 heterocycles. The van der Waals surface area contributed by atoms with Gasteiger partial charge in [0.15, 0.2) is 0 Å². The van der Waals surface area contributed by atoms with Crippen molar-refractivity contribution < 1.29 is 13.6 Å². The SMILES string of the molecule is CCCCO[P+](=O)OCCCC.CCCC[P+](C)(CCCC)CCCC. The Kier molecular flexibility index (Phi) is 24.0. The van der Waals surface area contributed by atoms with Crippen LogP contribution in [0.15, 0.2) is 0 Å². The number of unbranched alkanes of at least 4 members (excludes halogenated alkanes) is 5. The second-order valence-corrected chi connectivity index (χ2v) is 13.0. The van der Waals surface area contributed by atoms with Crippen molar-refractivity contribution in [3.8, 4) is 0 Å². The van der Waals surface area contributed by atoms with Gasteiger partial charge in [-0.15, -0.1) is 9.05 Å². The fourth-order valence-corrected chi connectivity index (χ4v) is 7.10. The van der Waals surface area contributed by atoms with Crippen molar-refractivity contribution in [3.63, 3.8) is 0 Å². The molecule has 0 amide bonds. The molecule has 0 unspecified atom stereocenters. The minimum absolute atomic E-state index is 0.519. The molecule has 3 nitrogen and oxygen atoms in total. The molecule has 0 atom stereocenters. The van der Waals surface area contributed by atoms with Crippen LogP contribution in [-0.4, -0.2) is 38.4 Å². The number of hydrogen-bond acceptors (Lipinski definition) is 3. The molecule has 5 heteroatoms. The molecule has 0 aromatic carbocycles. The van der Waals surface area contributed by atoms with Gasteiger partial charge < -0.3 is 0 Å². The van der Waals surface area contributed by atoms with E-state index in [1.54, 1.807) is 18.5 Å². The molecule has 158 valence electrons. The van der Waals surface area contributed by atoms with Gasteiger partial charge in [-0.25, -0.2) is 0 Å². The Morgan fingerprint density at radius 2 is 0.923 bits per heavy atom. The molecule has 0 rings (SSSR count). The maximum atomic E-state index is 10.9. The van der Waals surface area contributed by atoms with E-state index in [1.807, 2.05) is 0 Å². The minimum atomic E-state index is -1.85. The molecular formula is C21H48O3P2+2. The smallest absolute Gasteiger partial charge is 0.119 e. The zero-order chi connectivity index (χ0) is 20.1. The summed E-state index contributed by atoms with van der Waals surface area (Å²) < 4.78 is 20.7. The first-order chi connectivity index (χ1) is 12.5. The van der Waals surface area contributed by atoms with Gasteiger partial charge in [-0.3, -0.25) is 0 Å². The predicted molar refractivity (Wildman–Crippen MR) is 121 cm³/mol. The topological polar surface area (TPSA) is 35.5 Å². The van der Waals surface area contributed by atoms with Crippen LogP contribution in [0.2, 0.25) is 0 Å². The summed E-state index contributed by atoms with van der Waals surface area (Å²) in [4.78, 5) is 0. The van der Waals surface area contributed by atoms with Gasteiger partial charge >= 0.3 is 8.25 Å². The van der Waals surface area contributed by atoms with Crippen molar-refractivity contribution in [2.75, 3.05) is 38.4 Å². The molecule has 26 heavy (non-hydrogen) atoms. The monoisotopic (exact) mass is 410 g/mol. The molecule has 0 aliphatic carbocycles. The highest BCUT2D eigenvalue weighted by atomic mass is 31.2. The zero-order valence-electron chi connectivity index (χ0n) is 18.7. The molecule has 0 saturated carbocycles. The third-order valence-corrected chi connectivity index (χ3v) is 9.52. The lowest BCUT2D eigenvalue weighted by Gasteiger charge is -2.22. The van der Waals surface area contributed by atoms with E-state index >= 15 is 0 Å². The summed E-state index contributed by atoms with van der Waals surface area (Å²) >= 11 is 0. The van der Waals surface area contributed by atoms with Crippen LogP contribution in [0.3, 0.4) is 0 Å². The van der Waals surface area contributed by atoms with Crippen LogP contribution in [-0.2, 0) is 13.6 Å². The Morgan fingerprint density at radius 1 is 0.615 bits per heavy atom. The maximum Gasteiger partial charge on any atom is 0.697 e. The third-order valence-electron chi connectivity index (χ3n) is 4.54. The van der Waals surface area contributed by atoms with E-state index in [-0.39, 0.29) is 0 Å². The second-order valence-electron chi connectivity index (χ2n) is 7.45. The van der Waals surface area contributed by atoms with E-state index in [1.165, 1.54) is 38.5 Å². The lowest BCUT2D eigenvalue weighted by Crippen LogP contribution is -2.07. The van der Waals surface area contributed by atoms with E-state index in [0.717, 1.165) is 25.7 Å². The molecule has 0 N–H and O–H groups in total. The van der Waals surface area contributed by atoms with Crippen molar-refractivity contribution in [2.24, 2.45) is 0 Å². The Hall–Kier alpha value is 0.450. The molecule has 0 bridgehead atoms. The van der Waals surface area contributed by atoms with E-state index in [0.29, 0.717) is 13.2 Å². The highest BCUT2D eigenvalue weighted by Gasteiger charge is 2.28. The lowest BCUT2D eigenvalue weighted by atomic mass is 10.4. The normalized spacial score (nSPS) is 11.2. The molecule has 0 saturated heterocycles. The van der Waals surface area contributed by atoms with E-state index < -0.39 is 15.5 Å². The Morgan fingerprint density at radius 3 is 1.19 bits per heavy atom.